The third-order valence-corrected chi connectivity index (χ3v) is 8.62. The second-order valence-electron chi connectivity index (χ2n) is 11.6. The zero-order chi connectivity index (χ0) is 32.6. The Morgan fingerprint density at radius 2 is 1.63 bits per heavy atom. The minimum absolute atomic E-state index is 0.0980. The monoisotopic (exact) mass is 660 g/mol. The van der Waals surface area contributed by atoms with Gasteiger partial charge in [-0.1, -0.05) is 30.9 Å². The van der Waals surface area contributed by atoms with Gasteiger partial charge >= 0.3 is 0 Å². The zero-order valence-electron chi connectivity index (χ0n) is 27.2. The first-order valence-electron chi connectivity index (χ1n) is 16.4. The summed E-state index contributed by atoms with van der Waals surface area (Å²) in [4.78, 5) is 38.2. The average molecular weight is 661 g/mol. The lowest BCUT2D eigenvalue weighted by Crippen LogP contribution is -2.50. The van der Waals surface area contributed by atoms with Gasteiger partial charge in [0.05, 0.1) is 45.4 Å². The van der Waals surface area contributed by atoms with Crippen LogP contribution in [-0.4, -0.2) is 112 Å². The molecule has 2 aromatic rings. The Balaban J connectivity index is 1.05. The number of aromatic nitrogens is 2. The molecule has 1 aliphatic heterocycles. The molecule has 2 N–H and O–H groups in total. The average Bonchev–Trinajstić information content (AvgIpc) is 3.06. The number of anilines is 3. The Hall–Kier alpha value is -3.19. The van der Waals surface area contributed by atoms with Crippen LogP contribution in [0.2, 0.25) is 5.02 Å². The highest BCUT2D eigenvalue weighted by Crippen LogP contribution is 2.30. The van der Waals surface area contributed by atoms with E-state index in [0.717, 1.165) is 38.2 Å². The van der Waals surface area contributed by atoms with Gasteiger partial charge in [0, 0.05) is 58.4 Å². The quantitative estimate of drug-likeness (QED) is 0.187. The first kappa shape index (κ1) is 35.7. The normalized spacial score (nSPS) is 15.0. The maximum Gasteiger partial charge on any atom is 0.254 e. The van der Waals surface area contributed by atoms with Gasteiger partial charge in [-0.15, -0.1) is 0 Å². The number of hydrogen-bond acceptors (Lipinski definition) is 10. The van der Waals surface area contributed by atoms with Crippen LogP contribution in [0, 0.1) is 5.92 Å². The number of hydrogen-bond donors (Lipinski definition) is 2. The van der Waals surface area contributed by atoms with Crippen molar-refractivity contribution in [3.05, 3.63) is 35.0 Å². The molecule has 13 heteroatoms. The van der Waals surface area contributed by atoms with E-state index in [0.29, 0.717) is 99.4 Å². The van der Waals surface area contributed by atoms with E-state index in [2.05, 4.69) is 20.6 Å². The summed E-state index contributed by atoms with van der Waals surface area (Å²) in [5.74, 6) is 2.15. The van der Waals surface area contributed by atoms with E-state index < -0.39 is 0 Å². The largest absolute Gasteiger partial charge is 0.495 e. The maximum atomic E-state index is 13.3. The summed E-state index contributed by atoms with van der Waals surface area (Å²) in [6, 6.07) is 5.20. The van der Waals surface area contributed by atoms with Gasteiger partial charge in [-0.25, -0.2) is 4.98 Å². The van der Waals surface area contributed by atoms with E-state index in [1.807, 2.05) is 4.90 Å². The molecular weight excluding hydrogens is 612 g/mol. The van der Waals surface area contributed by atoms with Gasteiger partial charge in [0.2, 0.25) is 11.9 Å². The summed E-state index contributed by atoms with van der Waals surface area (Å²) in [6.07, 6.45) is 9.87. The highest BCUT2D eigenvalue weighted by atomic mass is 35.5. The number of nitrogens with zero attached hydrogens (tertiary/aromatic N) is 4. The van der Waals surface area contributed by atoms with E-state index in [-0.39, 0.29) is 11.8 Å². The van der Waals surface area contributed by atoms with Crippen molar-refractivity contribution in [2.75, 3.05) is 90.6 Å². The van der Waals surface area contributed by atoms with E-state index in [1.165, 1.54) is 25.5 Å². The number of unbranched alkanes of at least 4 members (excludes halogenated alkanes) is 3. The van der Waals surface area contributed by atoms with Crippen LogP contribution in [0.4, 0.5) is 17.5 Å². The molecule has 1 aromatic heterocycles. The molecule has 0 atom stereocenters. The molecule has 0 bridgehead atoms. The van der Waals surface area contributed by atoms with E-state index >= 15 is 0 Å². The number of rotatable bonds is 20. The molecule has 0 radical (unpaired) electrons. The first-order valence-corrected chi connectivity index (χ1v) is 16.8. The van der Waals surface area contributed by atoms with E-state index in [1.54, 1.807) is 37.3 Å². The fourth-order valence-corrected chi connectivity index (χ4v) is 5.52. The molecule has 2 heterocycles. The number of benzene rings is 1. The summed E-state index contributed by atoms with van der Waals surface area (Å²) < 4.78 is 22.3. The predicted molar refractivity (Wildman–Crippen MR) is 178 cm³/mol. The molecule has 1 aromatic carbocycles. The molecule has 0 spiro atoms. The summed E-state index contributed by atoms with van der Waals surface area (Å²) in [7, 11) is 3.27. The molecule has 2 amide bonds. The van der Waals surface area contributed by atoms with Crippen LogP contribution < -0.4 is 15.4 Å². The summed E-state index contributed by atoms with van der Waals surface area (Å²) in [5, 5.41) is 6.43. The minimum Gasteiger partial charge on any atom is -0.495 e. The SMILES string of the molecule is CNc1nc(Nc2ccc(C(=O)N3CCN(C(=O)CCCCCCOCCOCCOCC4CCC4)CC3)cc2OC)ncc1Cl. The van der Waals surface area contributed by atoms with Crippen LogP contribution in [0.5, 0.6) is 5.75 Å². The third-order valence-electron chi connectivity index (χ3n) is 8.35. The van der Waals surface area contributed by atoms with Crippen LogP contribution >= 0.6 is 11.6 Å². The molecule has 2 aliphatic rings. The number of nitrogens with one attached hydrogen (secondary N) is 2. The van der Waals surface area contributed by atoms with Gasteiger partial charge in [-0.3, -0.25) is 9.59 Å². The highest BCUT2D eigenvalue weighted by molar-refractivity contribution is 6.32. The molecule has 254 valence electrons. The fourth-order valence-electron chi connectivity index (χ4n) is 5.33. The third kappa shape index (κ3) is 11.3. The maximum absolute atomic E-state index is 13.3. The molecule has 46 heavy (non-hydrogen) atoms. The number of carbonyl (C=O) groups excluding carboxylic acids is 2. The second kappa shape index (κ2) is 19.5. The molecule has 2 fully saturated rings. The van der Waals surface area contributed by atoms with Gasteiger partial charge < -0.3 is 39.4 Å². The van der Waals surface area contributed by atoms with Crippen LogP contribution in [-0.2, 0) is 19.0 Å². The lowest BCUT2D eigenvalue weighted by atomic mass is 9.86. The smallest absolute Gasteiger partial charge is 0.254 e. The van der Waals surface area contributed by atoms with Crippen molar-refractivity contribution in [3.8, 4) is 5.75 Å². The zero-order valence-corrected chi connectivity index (χ0v) is 28.0. The molecule has 12 nitrogen and oxygen atoms in total. The Morgan fingerprint density at radius 1 is 0.935 bits per heavy atom. The number of halogens is 1. The van der Waals surface area contributed by atoms with Crippen molar-refractivity contribution in [1.82, 2.24) is 19.8 Å². The molecular formula is C33H49ClN6O6. The Kier molecular flexibility index (Phi) is 15.1. The fraction of sp³-hybridized carbons (Fsp3) is 0.636. The van der Waals surface area contributed by atoms with Crippen LogP contribution in [0.3, 0.4) is 0 Å². The number of amides is 2. The second-order valence-corrected chi connectivity index (χ2v) is 12.0. The lowest BCUT2D eigenvalue weighted by molar-refractivity contribution is -0.132. The van der Waals surface area contributed by atoms with Crippen molar-refractivity contribution in [1.29, 1.82) is 0 Å². The van der Waals surface area contributed by atoms with Gasteiger partial charge in [0.15, 0.2) is 0 Å². The van der Waals surface area contributed by atoms with Gasteiger partial charge in [-0.2, -0.15) is 4.98 Å². The standard InChI is InChI=1S/C33H49ClN6O6/c1-35-31-27(34)23-36-33(38-31)37-28-12-11-26(22-29(28)43-2)32(42)40-15-13-39(14-16-40)30(41)10-5-3-4-6-17-44-18-19-45-20-21-46-24-25-8-7-9-25/h11-12,22-23,25H,3-10,13-21,24H2,1-2H3,(H2,35,36,37,38). The van der Waals surface area contributed by atoms with Crippen molar-refractivity contribution >= 4 is 40.9 Å². The Labute approximate surface area is 277 Å². The first-order chi connectivity index (χ1) is 22.5. The summed E-state index contributed by atoms with van der Waals surface area (Å²) >= 11 is 6.08. The highest BCUT2D eigenvalue weighted by Gasteiger charge is 2.25. The van der Waals surface area contributed by atoms with Gasteiger partial charge in [0.1, 0.15) is 16.6 Å². The van der Waals surface area contributed by atoms with Crippen molar-refractivity contribution in [3.63, 3.8) is 0 Å². The van der Waals surface area contributed by atoms with Gasteiger partial charge in [-0.05, 0) is 49.8 Å². The lowest BCUT2D eigenvalue weighted by Gasteiger charge is -2.35. The minimum atomic E-state index is -0.0980. The van der Waals surface area contributed by atoms with E-state index in [4.69, 9.17) is 30.5 Å². The molecule has 0 unspecified atom stereocenters. The molecule has 4 rings (SSSR count). The Bertz CT molecular complexity index is 1240. The number of piperazine rings is 1. The predicted octanol–water partition coefficient (Wildman–Crippen LogP) is 5.01. The van der Waals surface area contributed by atoms with Crippen LogP contribution in [0.15, 0.2) is 24.4 Å². The van der Waals surface area contributed by atoms with Crippen LogP contribution in [0.1, 0.15) is 61.7 Å². The van der Waals surface area contributed by atoms with Crippen molar-refractivity contribution in [2.24, 2.45) is 5.92 Å². The van der Waals surface area contributed by atoms with Crippen LogP contribution in [0.25, 0.3) is 0 Å². The molecule has 1 saturated heterocycles. The topological polar surface area (TPSA) is 127 Å². The van der Waals surface area contributed by atoms with Gasteiger partial charge in [0.25, 0.3) is 5.91 Å². The van der Waals surface area contributed by atoms with E-state index in [9.17, 15) is 9.59 Å². The summed E-state index contributed by atoms with van der Waals surface area (Å²) in [5.41, 5.74) is 1.13. The number of carbonyl (C=O) groups is 2. The summed E-state index contributed by atoms with van der Waals surface area (Å²) in [6.45, 7) is 6.12. The Morgan fingerprint density at radius 3 is 2.33 bits per heavy atom. The van der Waals surface area contributed by atoms with Crippen molar-refractivity contribution < 1.29 is 28.5 Å². The van der Waals surface area contributed by atoms with Crippen molar-refractivity contribution in [2.45, 2.75) is 51.4 Å². The molecule has 1 saturated carbocycles. The molecule has 1 aliphatic carbocycles. The number of methoxy groups -OCH3 is 1. The number of ether oxygens (including phenoxy) is 4.